The third-order valence-corrected chi connectivity index (χ3v) is 4.68. The number of nitrogens with one attached hydrogen (secondary N) is 1. The SMILES string of the molecule is CCOC(=O)C(C)(CC(C)SCCCOC)NC1CC1. The van der Waals surface area contributed by atoms with Gasteiger partial charge in [-0.3, -0.25) is 10.1 Å². The Hall–Kier alpha value is -0.260. The fourth-order valence-corrected chi connectivity index (χ4v) is 3.43. The molecule has 0 aromatic heterocycles. The second-order valence-corrected chi connectivity index (χ2v) is 7.25. The number of rotatable bonds is 11. The Bertz CT molecular complexity index is 297. The van der Waals surface area contributed by atoms with Crippen LogP contribution in [0.2, 0.25) is 0 Å². The zero-order valence-corrected chi connectivity index (χ0v) is 14.1. The van der Waals surface area contributed by atoms with Gasteiger partial charge in [0, 0.05) is 25.0 Å². The van der Waals surface area contributed by atoms with E-state index in [1.54, 1.807) is 7.11 Å². The van der Waals surface area contributed by atoms with E-state index in [9.17, 15) is 4.79 Å². The molecule has 4 nitrogen and oxygen atoms in total. The second kappa shape index (κ2) is 8.90. The van der Waals surface area contributed by atoms with Gasteiger partial charge in [0.05, 0.1) is 6.61 Å². The molecule has 20 heavy (non-hydrogen) atoms. The number of carbonyl (C=O) groups excluding carboxylic acids is 1. The third-order valence-electron chi connectivity index (χ3n) is 3.42. The first kappa shape index (κ1) is 17.8. The van der Waals surface area contributed by atoms with E-state index in [2.05, 4.69) is 12.2 Å². The average molecular weight is 303 g/mol. The van der Waals surface area contributed by atoms with Crippen LogP contribution in [0.3, 0.4) is 0 Å². The molecule has 2 unspecified atom stereocenters. The van der Waals surface area contributed by atoms with Crippen LogP contribution >= 0.6 is 11.8 Å². The smallest absolute Gasteiger partial charge is 0.326 e. The normalized spacial score (nSPS) is 19.4. The van der Waals surface area contributed by atoms with Gasteiger partial charge in [-0.2, -0.15) is 11.8 Å². The van der Waals surface area contributed by atoms with Crippen LogP contribution in [0.5, 0.6) is 0 Å². The van der Waals surface area contributed by atoms with Crippen LogP contribution in [-0.4, -0.2) is 48.9 Å². The van der Waals surface area contributed by atoms with Crippen molar-refractivity contribution in [3.05, 3.63) is 0 Å². The van der Waals surface area contributed by atoms with Crippen LogP contribution in [-0.2, 0) is 14.3 Å². The number of thioether (sulfide) groups is 1. The summed E-state index contributed by atoms with van der Waals surface area (Å²) in [5, 5.41) is 3.90. The van der Waals surface area contributed by atoms with Crippen LogP contribution in [0, 0.1) is 0 Å². The highest BCUT2D eigenvalue weighted by atomic mass is 32.2. The van der Waals surface area contributed by atoms with Gasteiger partial charge in [-0.1, -0.05) is 6.92 Å². The van der Waals surface area contributed by atoms with E-state index in [-0.39, 0.29) is 5.97 Å². The Morgan fingerprint density at radius 2 is 2.20 bits per heavy atom. The lowest BCUT2D eigenvalue weighted by atomic mass is 9.95. The van der Waals surface area contributed by atoms with Crippen molar-refractivity contribution in [2.45, 2.75) is 63.3 Å². The number of methoxy groups -OCH3 is 1. The summed E-state index contributed by atoms with van der Waals surface area (Å²) in [5.41, 5.74) is -0.551. The van der Waals surface area contributed by atoms with Crippen LogP contribution in [0.15, 0.2) is 0 Å². The molecule has 2 atom stereocenters. The Kier molecular flexibility index (Phi) is 7.92. The van der Waals surface area contributed by atoms with Gasteiger partial charge in [-0.15, -0.1) is 0 Å². The monoisotopic (exact) mass is 303 g/mol. The summed E-state index contributed by atoms with van der Waals surface area (Å²) in [6.45, 7) is 7.27. The minimum Gasteiger partial charge on any atom is -0.465 e. The van der Waals surface area contributed by atoms with Crippen molar-refractivity contribution in [3.63, 3.8) is 0 Å². The lowest BCUT2D eigenvalue weighted by Crippen LogP contribution is -2.52. The minimum atomic E-state index is -0.551. The maximum absolute atomic E-state index is 12.2. The van der Waals surface area contributed by atoms with E-state index in [0.717, 1.165) is 25.2 Å². The van der Waals surface area contributed by atoms with Crippen molar-refractivity contribution in [2.24, 2.45) is 0 Å². The van der Waals surface area contributed by atoms with Crippen molar-refractivity contribution in [1.29, 1.82) is 0 Å². The maximum atomic E-state index is 12.2. The molecule has 0 aromatic rings. The molecule has 0 radical (unpaired) electrons. The first-order valence-corrected chi connectivity index (χ1v) is 8.62. The fourth-order valence-electron chi connectivity index (χ4n) is 2.29. The van der Waals surface area contributed by atoms with Gasteiger partial charge in [0.1, 0.15) is 5.54 Å². The molecule has 0 amide bonds. The van der Waals surface area contributed by atoms with E-state index in [0.29, 0.717) is 17.9 Å². The quantitative estimate of drug-likeness (QED) is 0.469. The molecule has 0 saturated heterocycles. The number of ether oxygens (including phenoxy) is 2. The molecule has 1 rings (SSSR count). The van der Waals surface area contributed by atoms with Crippen molar-refractivity contribution >= 4 is 17.7 Å². The summed E-state index contributed by atoms with van der Waals surface area (Å²) in [6.07, 6.45) is 4.20. The molecular weight excluding hydrogens is 274 g/mol. The summed E-state index contributed by atoms with van der Waals surface area (Å²) in [5.74, 6) is 0.952. The van der Waals surface area contributed by atoms with E-state index in [1.807, 2.05) is 25.6 Å². The predicted octanol–water partition coefficient (Wildman–Crippen LogP) is 2.61. The highest BCUT2D eigenvalue weighted by molar-refractivity contribution is 7.99. The Balaban J connectivity index is 2.43. The average Bonchev–Trinajstić information content (AvgIpc) is 3.18. The number of esters is 1. The molecule has 1 aliphatic rings. The van der Waals surface area contributed by atoms with Gasteiger partial charge in [0.25, 0.3) is 0 Å². The van der Waals surface area contributed by atoms with Gasteiger partial charge in [0.15, 0.2) is 0 Å². The lowest BCUT2D eigenvalue weighted by molar-refractivity contribution is -0.150. The first-order valence-electron chi connectivity index (χ1n) is 7.57. The highest BCUT2D eigenvalue weighted by Crippen LogP contribution is 2.29. The number of hydrogen-bond acceptors (Lipinski definition) is 5. The van der Waals surface area contributed by atoms with Gasteiger partial charge in [0.2, 0.25) is 0 Å². The summed E-state index contributed by atoms with van der Waals surface area (Å²) < 4.78 is 10.3. The Morgan fingerprint density at radius 1 is 1.50 bits per heavy atom. The van der Waals surface area contributed by atoms with E-state index in [4.69, 9.17) is 9.47 Å². The molecule has 0 aromatic carbocycles. The number of carbonyl (C=O) groups is 1. The predicted molar refractivity (Wildman–Crippen MR) is 84.2 cm³/mol. The Morgan fingerprint density at radius 3 is 2.75 bits per heavy atom. The molecule has 0 heterocycles. The zero-order chi connectivity index (χ0) is 15.0. The van der Waals surface area contributed by atoms with Crippen LogP contribution < -0.4 is 5.32 Å². The van der Waals surface area contributed by atoms with Crippen molar-refractivity contribution < 1.29 is 14.3 Å². The second-order valence-electron chi connectivity index (χ2n) is 5.70. The van der Waals surface area contributed by atoms with Gasteiger partial charge < -0.3 is 9.47 Å². The summed E-state index contributed by atoms with van der Waals surface area (Å²) in [6, 6.07) is 0.495. The van der Waals surface area contributed by atoms with E-state index >= 15 is 0 Å². The summed E-state index contributed by atoms with van der Waals surface area (Å²) in [7, 11) is 1.73. The summed E-state index contributed by atoms with van der Waals surface area (Å²) in [4.78, 5) is 12.2. The summed E-state index contributed by atoms with van der Waals surface area (Å²) >= 11 is 1.90. The van der Waals surface area contributed by atoms with Crippen molar-refractivity contribution in [3.8, 4) is 0 Å². The fraction of sp³-hybridized carbons (Fsp3) is 0.933. The van der Waals surface area contributed by atoms with Crippen molar-refractivity contribution in [1.82, 2.24) is 5.32 Å². The van der Waals surface area contributed by atoms with Crippen LogP contribution in [0.1, 0.15) is 46.5 Å². The minimum absolute atomic E-state index is 0.115. The molecule has 5 heteroatoms. The molecule has 1 fully saturated rings. The molecule has 0 bridgehead atoms. The third kappa shape index (κ3) is 6.46. The highest BCUT2D eigenvalue weighted by Gasteiger charge is 2.40. The largest absolute Gasteiger partial charge is 0.465 e. The standard InChI is InChI=1S/C15H29NO3S/c1-5-19-14(17)15(3,16-13-7-8-13)11-12(2)20-10-6-9-18-4/h12-13,16H,5-11H2,1-4H3. The van der Waals surface area contributed by atoms with Gasteiger partial charge >= 0.3 is 5.97 Å². The van der Waals surface area contributed by atoms with Crippen LogP contribution in [0.25, 0.3) is 0 Å². The van der Waals surface area contributed by atoms with Gasteiger partial charge in [-0.05, 0) is 45.3 Å². The zero-order valence-electron chi connectivity index (χ0n) is 13.2. The molecular formula is C15H29NO3S. The van der Waals surface area contributed by atoms with Gasteiger partial charge in [-0.25, -0.2) is 0 Å². The molecule has 0 aliphatic heterocycles. The molecule has 1 aliphatic carbocycles. The maximum Gasteiger partial charge on any atom is 0.326 e. The van der Waals surface area contributed by atoms with E-state index < -0.39 is 5.54 Å². The van der Waals surface area contributed by atoms with E-state index in [1.165, 1.54) is 12.8 Å². The lowest BCUT2D eigenvalue weighted by Gasteiger charge is -2.31. The number of hydrogen-bond donors (Lipinski definition) is 1. The molecule has 1 saturated carbocycles. The molecule has 118 valence electrons. The van der Waals surface area contributed by atoms with Crippen molar-refractivity contribution in [2.75, 3.05) is 26.1 Å². The van der Waals surface area contributed by atoms with Crippen LogP contribution in [0.4, 0.5) is 0 Å². The first-order chi connectivity index (χ1) is 9.51. The topological polar surface area (TPSA) is 47.6 Å². The molecule has 1 N–H and O–H groups in total. The Labute approximate surface area is 127 Å². The molecule has 0 spiro atoms.